The van der Waals surface area contributed by atoms with Gasteiger partial charge in [-0.3, -0.25) is 9.36 Å². The number of nitrogens with zero attached hydrogens (tertiary/aromatic N) is 3. The minimum atomic E-state index is -0.122. The molecule has 0 atom stereocenters. The summed E-state index contributed by atoms with van der Waals surface area (Å²) in [5, 5.41) is 0. The fourth-order valence-electron chi connectivity index (χ4n) is 3.28. The van der Waals surface area contributed by atoms with Crippen LogP contribution >= 0.6 is 0 Å². The minimum absolute atomic E-state index is 0.122. The number of hydrogen-bond donors (Lipinski definition) is 0. The van der Waals surface area contributed by atoms with Crippen molar-refractivity contribution in [3.8, 4) is 11.1 Å². The van der Waals surface area contributed by atoms with Gasteiger partial charge in [0.25, 0.3) is 5.56 Å². The molecular weight excluding hydrogens is 334 g/mol. The Balaban J connectivity index is 1.73. The van der Waals surface area contributed by atoms with E-state index in [-0.39, 0.29) is 5.56 Å². The van der Waals surface area contributed by atoms with Gasteiger partial charge in [-0.15, -0.1) is 0 Å². The molecule has 4 rings (SSSR count). The molecule has 134 valence electrons. The Morgan fingerprint density at radius 1 is 0.926 bits per heavy atom. The molecule has 0 fully saturated rings. The molecule has 0 radical (unpaired) electrons. The summed E-state index contributed by atoms with van der Waals surface area (Å²) < 4.78 is 1.72. The molecule has 0 spiro atoms. The molecule has 0 aliphatic heterocycles. The van der Waals surface area contributed by atoms with Gasteiger partial charge in [-0.1, -0.05) is 56.3 Å². The van der Waals surface area contributed by atoms with Crippen molar-refractivity contribution >= 4 is 11.2 Å². The number of fused-ring (bicyclic) bond motifs is 1. The van der Waals surface area contributed by atoms with Crippen molar-refractivity contribution in [1.29, 1.82) is 0 Å². The molecule has 0 amide bonds. The zero-order valence-electron chi connectivity index (χ0n) is 15.5. The maximum absolute atomic E-state index is 12.4. The quantitative estimate of drug-likeness (QED) is 0.536. The third kappa shape index (κ3) is 3.51. The summed E-state index contributed by atoms with van der Waals surface area (Å²) in [4.78, 5) is 20.8. The molecule has 27 heavy (non-hydrogen) atoms. The van der Waals surface area contributed by atoms with E-state index in [0.29, 0.717) is 18.1 Å². The summed E-state index contributed by atoms with van der Waals surface area (Å²) >= 11 is 0. The van der Waals surface area contributed by atoms with E-state index in [1.807, 2.05) is 24.3 Å². The van der Waals surface area contributed by atoms with Crippen LogP contribution in [0.1, 0.15) is 30.9 Å². The largest absolute Gasteiger partial charge is 0.300 e. The van der Waals surface area contributed by atoms with Crippen LogP contribution in [0, 0.1) is 0 Å². The van der Waals surface area contributed by atoms with Crippen molar-refractivity contribution in [3.05, 3.63) is 94.5 Å². The lowest BCUT2D eigenvalue weighted by atomic mass is 9.96. The van der Waals surface area contributed by atoms with E-state index in [4.69, 9.17) is 0 Å². The second kappa shape index (κ2) is 7.16. The summed E-state index contributed by atoms with van der Waals surface area (Å²) in [6.07, 6.45) is 3.03. The molecule has 0 saturated carbocycles. The molecule has 4 heteroatoms. The number of pyridine rings is 1. The van der Waals surface area contributed by atoms with E-state index in [9.17, 15) is 4.79 Å². The van der Waals surface area contributed by atoms with E-state index in [2.05, 4.69) is 60.2 Å². The summed E-state index contributed by atoms with van der Waals surface area (Å²) in [7, 11) is 0. The predicted molar refractivity (Wildman–Crippen MR) is 109 cm³/mol. The lowest BCUT2D eigenvalue weighted by Gasteiger charge is -2.12. The van der Waals surface area contributed by atoms with Gasteiger partial charge in [0.1, 0.15) is 0 Å². The van der Waals surface area contributed by atoms with Gasteiger partial charge in [0.2, 0.25) is 0 Å². The molecular formula is C23H21N3O. The lowest BCUT2D eigenvalue weighted by molar-refractivity contribution is 0.784. The van der Waals surface area contributed by atoms with Crippen LogP contribution in [0.2, 0.25) is 0 Å². The summed E-state index contributed by atoms with van der Waals surface area (Å²) in [6, 6.07) is 20.7. The van der Waals surface area contributed by atoms with Gasteiger partial charge in [-0.25, -0.2) is 9.97 Å². The number of hydrogen-bond acceptors (Lipinski definition) is 3. The van der Waals surface area contributed by atoms with Crippen LogP contribution in [-0.2, 0) is 6.54 Å². The Bertz CT molecular complexity index is 1160. The smallest absolute Gasteiger partial charge is 0.269 e. The second-order valence-electron chi connectivity index (χ2n) is 7.01. The minimum Gasteiger partial charge on any atom is -0.300 e. The van der Waals surface area contributed by atoms with Crippen molar-refractivity contribution in [3.63, 3.8) is 0 Å². The van der Waals surface area contributed by atoms with Crippen LogP contribution in [0.25, 0.3) is 22.3 Å². The van der Waals surface area contributed by atoms with Crippen LogP contribution in [0.4, 0.5) is 0 Å². The molecule has 0 N–H and O–H groups in total. The van der Waals surface area contributed by atoms with Crippen molar-refractivity contribution < 1.29 is 0 Å². The van der Waals surface area contributed by atoms with Gasteiger partial charge in [-0.05, 0) is 46.4 Å². The summed E-state index contributed by atoms with van der Waals surface area (Å²) in [5.41, 5.74) is 5.94. The summed E-state index contributed by atoms with van der Waals surface area (Å²) in [5.74, 6) is 0.488. The molecule has 0 saturated heterocycles. The van der Waals surface area contributed by atoms with E-state index >= 15 is 0 Å². The zero-order valence-corrected chi connectivity index (χ0v) is 15.5. The molecule has 0 bridgehead atoms. The number of rotatable bonds is 4. The molecule has 0 unspecified atom stereocenters. The Morgan fingerprint density at radius 3 is 2.52 bits per heavy atom. The molecule has 4 aromatic rings. The van der Waals surface area contributed by atoms with E-state index < -0.39 is 0 Å². The molecule has 2 aromatic heterocycles. The van der Waals surface area contributed by atoms with Gasteiger partial charge in [0, 0.05) is 6.20 Å². The fourth-order valence-corrected chi connectivity index (χ4v) is 3.28. The van der Waals surface area contributed by atoms with Gasteiger partial charge in [-0.2, -0.15) is 0 Å². The maximum Gasteiger partial charge on any atom is 0.269 e. The second-order valence-corrected chi connectivity index (χ2v) is 7.01. The van der Waals surface area contributed by atoms with Crippen LogP contribution in [-0.4, -0.2) is 14.5 Å². The Kier molecular flexibility index (Phi) is 4.55. The third-order valence-corrected chi connectivity index (χ3v) is 4.77. The van der Waals surface area contributed by atoms with Crippen molar-refractivity contribution in [2.75, 3.05) is 0 Å². The van der Waals surface area contributed by atoms with Gasteiger partial charge in [0.05, 0.1) is 18.3 Å². The highest BCUT2D eigenvalue weighted by molar-refractivity contribution is 5.70. The van der Waals surface area contributed by atoms with Crippen molar-refractivity contribution in [2.24, 2.45) is 0 Å². The van der Waals surface area contributed by atoms with E-state index in [1.165, 1.54) is 17.3 Å². The van der Waals surface area contributed by atoms with E-state index in [0.717, 1.165) is 16.6 Å². The average molecular weight is 355 g/mol. The first-order chi connectivity index (χ1) is 13.1. The standard InChI is InChI=1S/C23H21N3O/c1-16(2)18-7-4-9-20(13-18)19-8-3-6-17(12-19)15-26-21-10-5-11-24-23(21)25-14-22(26)27/h3-14,16H,15H2,1-2H3. The van der Waals surface area contributed by atoms with E-state index in [1.54, 1.807) is 10.8 Å². The fraction of sp³-hybridized carbons (Fsp3) is 0.174. The molecule has 0 aliphatic carbocycles. The SMILES string of the molecule is CC(C)c1cccc(-c2cccc(Cn3c(=O)cnc4ncccc43)c2)c1. The van der Waals surface area contributed by atoms with Crippen molar-refractivity contribution in [2.45, 2.75) is 26.3 Å². The maximum atomic E-state index is 12.4. The Labute approximate surface area is 158 Å². The average Bonchev–Trinajstić information content (AvgIpc) is 2.70. The molecule has 2 aromatic carbocycles. The van der Waals surface area contributed by atoms with Crippen LogP contribution in [0.3, 0.4) is 0 Å². The number of aromatic nitrogens is 3. The van der Waals surface area contributed by atoms with Crippen molar-refractivity contribution in [1.82, 2.24) is 14.5 Å². The summed E-state index contributed by atoms with van der Waals surface area (Å²) in [6.45, 7) is 4.89. The van der Waals surface area contributed by atoms with Crippen LogP contribution in [0.15, 0.2) is 77.9 Å². The first kappa shape index (κ1) is 17.2. The zero-order chi connectivity index (χ0) is 18.8. The Hall–Kier alpha value is -3.27. The van der Waals surface area contributed by atoms with Gasteiger partial charge in [0.15, 0.2) is 5.65 Å². The third-order valence-electron chi connectivity index (χ3n) is 4.77. The number of benzene rings is 2. The lowest BCUT2D eigenvalue weighted by Crippen LogP contribution is -2.21. The Morgan fingerprint density at radius 2 is 1.70 bits per heavy atom. The first-order valence-corrected chi connectivity index (χ1v) is 9.11. The molecule has 0 aliphatic rings. The molecule has 4 nitrogen and oxygen atoms in total. The highest BCUT2D eigenvalue weighted by atomic mass is 16.1. The first-order valence-electron chi connectivity index (χ1n) is 9.11. The van der Waals surface area contributed by atoms with Gasteiger partial charge >= 0.3 is 0 Å². The topological polar surface area (TPSA) is 47.8 Å². The highest BCUT2D eigenvalue weighted by Gasteiger charge is 2.07. The predicted octanol–water partition coefficient (Wildman–Crippen LogP) is 4.63. The highest BCUT2D eigenvalue weighted by Crippen LogP contribution is 2.25. The van der Waals surface area contributed by atoms with Gasteiger partial charge < -0.3 is 0 Å². The van der Waals surface area contributed by atoms with Crippen LogP contribution < -0.4 is 5.56 Å². The van der Waals surface area contributed by atoms with Crippen LogP contribution in [0.5, 0.6) is 0 Å². The molecule has 2 heterocycles. The normalized spacial score (nSPS) is 11.2. The monoisotopic (exact) mass is 355 g/mol.